The second-order valence-electron chi connectivity index (χ2n) is 6.24. The van der Waals surface area contributed by atoms with Crippen LogP contribution in [0.5, 0.6) is 11.5 Å². The number of methoxy groups -OCH3 is 2. The molecule has 7 nitrogen and oxygen atoms in total. The van der Waals surface area contributed by atoms with Crippen LogP contribution in [0.3, 0.4) is 0 Å². The van der Waals surface area contributed by atoms with E-state index in [0.29, 0.717) is 24.6 Å². The molecule has 26 heavy (non-hydrogen) atoms. The Hall–Kier alpha value is -1.99. The molecular formula is C18H27ClN2O5. The minimum absolute atomic E-state index is 0. The highest BCUT2D eigenvalue weighted by molar-refractivity contribution is 5.85. The summed E-state index contributed by atoms with van der Waals surface area (Å²) in [5.41, 5.74) is 1.02. The summed E-state index contributed by atoms with van der Waals surface area (Å²) < 4.78 is 10.6. The fraction of sp³-hybridized carbons (Fsp3) is 0.556. The first kappa shape index (κ1) is 22.1. The molecule has 1 amide bonds. The summed E-state index contributed by atoms with van der Waals surface area (Å²) in [5, 5.41) is 8.75. The molecule has 1 aromatic carbocycles. The molecule has 1 atom stereocenters. The maximum atomic E-state index is 12.6. The van der Waals surface area contributed by atoms with E-state index >= 15 is 0 Å². The van der Waals surface area contributed by atoms with Crippen molar-refractivity contribution in [3.05, 3.63) is 23.8 Å². The third kappa shape index (κ3) is 5.51. The Labute approximate surface area is 160 Å². The van der Waals surface area contributed by atoms with Gasteiger partial charge in [-0.05, 0) is 37.6 Å². The molecule has 0 radical (unpaired) electrons. The third-order valence-electron chi connectivity index (χ3n) is 4.48. The molecule has 146 valence electrons. The first-order chi connectivity index (χ1) is 12.0. The van der Waals surface area contributed by atoms with Crippen molar-refractivity contribution in [3.8, 4) is 11.5 Å². The van der Waals surface area contributed by atoms with Gasteiger partial charge >= 0.3 is 5.97 Å². The van der Waals surface area contributed by atoms with Gasteiger partial charge in [0.2, 0.25) is 5.91 Å². The highest BCUT2D eigenvalue weighted by Crippen LogP contribution is 2.36. The maximum absolute atomic E-state index is 12.6. The fourth-order valence-electron chi connectivity index (χ4n) is 3.16. The molecule has 1 saturated heterocycles. The fourth-order valence-corrected chi connectivity index (χ4v) is 3.16. The predicted octanol–water partition coefficient (Wildman–Crippen LogP) is 2.20. The Morgan fingerprint density at radius 2 is 1.96 bits per heavy atom. The number of amides is 1. The lowest BCUT2D eigenvalue weighted by Crippen LogP contribution is -2.39. The Bertz CT molecular complexity index is 626. The molecule has 0 spiro atoms. The smallest absolute Gasteiger partial charge is 0.304 e. The number of ether oxygens (including phenoxy) is 2. The topological polar surface area (TPSA) is 79.3 Å². The normalized spacial score (nSPS) is 16.3. The van der Waals surface area contributed by atoms with Gasteiger partial charge in [-0.25, -0.2) is 0 Å². The van der Waals surface area contributed by atoms with Crippen molar-refractivity contribution in [2.24, 2.45) is 0 Å². The number of hydrogen-bond donors (Lipinski definition) is 1. The van der Waals surface area contributed by atoms with E-state index in [1.807, 2.05) is 23.1 Å². The number of carbonyl (C=O) groups excluding carboxylic acids is 1. The quantitative estimate of drug-likeness (QED) is 0.737. The van der Waals surface area contributed by atoms with Crippen molar-refractivity contribution in [2.45, 2.75) is 25.3 Å². The number of likely N-dealkylation sites (N-methyl/N-ethyl adjacent to an activating group) is 1. The Morgan fingerprint density at radius 1 is 1.27 bits per heavy atom. The predicted molar refractivity (Wildman–Crippen MR) is 100 cm³/mol. The number of benzene rings is 1. The second kappa shape index (κ2) is 10.2. The van der Waals surface area contributed by atoms with E-state index in [1.165, 1.54) is 0 Å². The monoisotopic (exact) mass is 386 g/mol. The van der Waals surface area contributed by atoms with Gasteiger partial charge in [0, 0.05) is 13.1 Å². The standard InChI is InChI=1S/C18H26N2O5.ClH/c1-19(10-8-18(22)23)12-17(21)20-9-4-5-14(20)13-6-7-15(24-2)16(11-13)25-3;/h6-7,11,14H,4-5,8-10,12H2,1-3H3,(H,22,23);1H. The zero-order chi connectivity index (χ0) is 18.4. The molecule has 8 heteroatoms. The minimum Gasteiger partial charge on any atom is -0.493 e. The number of likely N-dealkylation sites (tertiary alicyclic amines) is 1. The summed E-state index contributed by atoms with van der Waals surface area (Å²) >= 11 is 0. The van der Waals surface area contributed by atoms with E-state index in [1.54, 1.807) is 26.2 Å². The molecule has 1 aromatic rings. The number of aliphatic carboxylic acids is 1. The zero-order valence-corrected chi connectivity index (χ0v) is 16.3. The average molecular weight is 387 g/mol. The first-order valence-corrected chi connectivity index (χ1v) is 8.38. The molecular weight excluding hydrogens is 360 g/mol. The van der Waals surface area contributed by atoms with Crippen molar-refractivity contribution >= 4 is 24.3 Å². The van der Waals surface area contributed by atoms with Gasteiger partial charge < -0.3 is 19.5 Å². The van der Waals surface area contributed by atoms with Crippen molar-refractivity contribution in [3.63, 3.8) is 0 Å². The van der Waals surface area contributed by atoms with Crippen LogP contribution in [-0.4, -0.2) is 67.7 Å². The van der Waals surface area contributed by atoms with Gasteiger partial charge in [0.05, 0.1) is 33.2 Å². The van der Waals surface area contributed by atoms with Gasteiger partial charge in [-0.15, -0.1) is 12.4 Å². The molecule has 0 aliphatic carbocycles. The average Bonchev–Trinajstić information content (AvgIpc) is 3.09. The van der Waals surface area contributed by atoms with Crippen LogP contribution in [0.4, 0.5) is 0 Å². The van der Waals surface area contributed by atoms with Crippen LogP contribution in [0.25, 0.3) is 0 Å². The van der Waals surface area contributed by atoms with Gasteiger partial charge in [0.15, 0.2) is 11.5 Å². The molecule has 2 rings (SSSR count). The lowest BCUT2D eigenvalue weighted by atomic mass is 10.0. The van der Waals surface area contributed by atoms with Crippen molar-refractivity contribution in [1.82, 2.24) is 9.80 Å². The van der Waals surface area contributed by atoms with Crippen LogP contribution in [0.2, 0.25) is 0 Å². The maximum Gasteiger partial charge on any atom is 0.304 e. The van der Waals surface area contributed by atoms with E-state index in [2.05, 4.69) is 0 Å². The molecule has 1 heterocycles. The molecule has 1 fully saturated rings. The van der Waals surface area contributed by atoms with Gasteiger partial charge in [-0.3, -0.25) is 14.5 Å². The van der Waals surface area contributed by atoms with Crippen molar-refractivity contribution < 1.29 is 24.2 Å². The number of rotatable bonds is 8. The van der Waals surface area contributed by atoms with Crippen LogP contribution >= 0.6 is 12.4 Å². The number of hydrogen-bond acceptors (Lipinski definition) is 5. The van der Waals surface area contributed by atoms with Crippen LogP contribution in [0.15, 0.2) is 18.2 Å². The zero-order valence-electron chi connectivity index (χ0n) is 15.4. The molecule has 1 aliphatic heterocycles. The summed E-state index contributed by atoms with van der Waals surface area (Å²) in [6.45, 7) is 1.29. The Morgan fingerprint density at radius 3 is 2.58 bits per heavy atom. The van der Waals surface area contributed by atoms with Crippen molar-refractivity contribution in [1.29, 1.82) is 0 Å². The molecule has 1 unspecified atom stereocenters. The van der Waals surface area contributed by atoms with Gasteiger partial charge in [0.25, 0.3) is 0 Å². The SMILES string of the molecule is COc1ccc(C2CCCN2C(=O)CN(C)CCC(=O)O)cc1OC.Cl. The first-order valence-electron chi connectivity index (χ1n) is 8.38. The summed E-state index contributed by atoms with van der Waals surface area (Å²) in [4.78, 5) is 26.9. The van der Waals surface area contributed by atoms with Crippen molar-refractivity contribution in [2.75, 3.05) is 40.9 Å². The highest BCUT2D eigenvalue weighted by Gasteiger charge is 2.30. The third-order valence-corrected chi connectivity index (χ3v) is 4.48. The van der Waals surface area contributed by atoms with E-state index in [4.69, 9.17) is 14.6 Å². The number of halogens is 1. The van der Waals surface area contributed by atoms with Crippen LogP contribution in [-0.2, 0) is 9.59 Å². The number of carboxylic acids is 1. The molecule has 0 bridgehead atoms. The van der Waals surface area contributed by atoms with Gasteiger partial charge in [0.1, 0.15) is 0 Å². The van der Waals surface area contributed by atoms with E-state index in [0.717, 1.165) is 18.4 Å². The summed E-state index contributed by atoms with van der Waals surface area (Å²) in [6, 6.07) is 5.75. The highest BCUT2D eigenvalue weighted by atomic mass is 35.5. The van der Waals surface area contributed by atoms with E-state index < -0.39 is 5.97 Å². The lowest BCUT2D eigenvalue weighted by molar-refractivity contribution is -0.138. The molecule has 0 saturated carbocycles. The second-order valence-corrected chi connectivity index (χ2v) is 6.24. The van der Waals surface area contributed by atoms with E-state index in [-0.39, 0.29) is 37.3 Å². The molecule has 1 N–H and O–H groups in total. The van der Waals surface area contributed by atoms with Crippen LogP contribution in [0, 0.1) is 0 Å². The number of carbonyl (C=O) groups is 2. The minimum atomic E-state index is -0.858. The Kier molecular flexibility index (Phi) is 8.68. The summed E-state index contributed by atoms with van der Waals surface area (Å²) in [6.07, 6.45) is 1.88. The summed E-state index contributed by atoms with van der Waals surface area (Å²) in [7, 11) is 4.95. The largest absolute Gasteiger partial charge is 0.493 e. The van der Waals surface area contributed by atoms with Gasteiger partial charge in [-0.2, -0.15) is 0 Å². The molecule has 1 aliphatic rings. The number of carboxylic acid groups (broad SMARTS) is 1. The Balaban J connectivity index is 0.00000338. The van der Waals surface area contributed by atoms with E-state index in [9.17, 15) is 9.59 Å². The lowest BCUT2D eigenvalue weighted by Gasteiger charge is -2.27. The van der Waals surface area contributed by atoms with Crippen LogP contribution in [0.1, 0.15) is 30.9 Å². The number of nitrogens with zero attached hydrogens (tertiary/aromatic N) is 2. The molecule has 0 aromatic heterocycles. The van der Waals surface area contributed by atoms with Crippen LogP contribution < -0.4 is 9.47 Å². The van der Waals surface area contributed by atoms with Gasteiger partial charge in [-0.1, -0.05) is 6.07 Å². The summed E-state index contributed by atoms with van der Waals surface area (Å²) in [5.74, 6) is 0.474.